The van der Waals surface area contributed by atoms with Gasteiger partial charge in [-0.25, -0.2) is 0 Å². The van der Waals surface area contributed by atoms with E-state index in [9.17, 15) is 4.79 Å². The number of carbonyl (C=O) groups is 1. The molecule has 80 valence electrons. The summed E-state index contributed by atoms with van der Waals surface area (Å²) in [6, 6.07) is 8.39. The zero-order chi connectivity index (χ0) is 10.7. The molecule has 3 heteroatoms. The Morgan fingerprint density at radius 3 is 2.67 bits per heavy atom. The summed E-state index contributed by atoms with van der Waals surface area (Å²) in [5.74, 6) is 0. The molecular formula is C12H16N2O. The monoisotopic (exact) mass is 204 g/mol. The summed E-state index contributed by atoms with van der Waals surface area (Å²) >= 11 is 0. The van der Waals surface area contributed by atoms with Crippen LogP contribution in [0.15, 0.2) is 24.3 Å². The molecule has 1 aliphatic heterocycles. The van der Waals surface area contributed by atoms with Crippen LogP contribution in [0.1, 0.15) is 12.0 Å². The summed E-state index contributed by atoms with van der Waals surface area (Å²) in [6.07, 6.45) is 1.97. The van der Waals surface area contributed by atoms with E-state index in [0.717, 1.165) is 31.6 Å². The van der Waals surface area contributed by atoms with Gasteiger partial charge in [0, 0.05) is 12.2 Å². The van der Waals surface area contributed by atoms with Crippen molar-refractivity contribution < 1.29 is 4.79 Å². The molecular weight excluding hydrogens is 188 g/mol. The molecule has 1 unspecified atom stereocenters. The summed E-state index contributed by atoms with van der Waals surface area (Å²) in [5.41, 5.74) is 2.21. The summed E-state index contributed by atoms with van der Waals surface area (Å²) in [6.45, 7) is 3.94. The Bertz CT molecular complexity index is 328. The van der Waals surface area contributed by atoms with Crippen molar-refractivity contribution in [1.29, 1.82) is 0 Å². The topological polar surface area (TPSA) is 32.3 Å². The van der Waals surface area contributed by atoms with E-state index in [0.29, 0.717) is 6.04 Å². The highest BCUT2D eigenvalue weighted by atomic mass is 16.1. The average Bonchev–Trinajstić information content (AvgIpc) is 2.75. The third kappa shape index (κ3) is 2.18. The molecule has 3 nitrogen and oxygen atoms in total. The molecule has 0 aliphatic carbocycles. The molecule has 1 heterocycles. The van der Waals surface area contributed by atoms with Crippen molar-refractivity contribution in [1.82, 2.24) is 5.32 Å². The molecule has 1 aromatic carbocycles. The maximum absolute atomic E-state index is 11.1. The second-order valence-electron chi connectivity index (χ2n) is 3.99. The molecule has 15 heavy (non-hydrogen) atoms. The van der Waals surface area contributed by atoms with Crippen LogP contribution in [-0.4, -0.2) is 25.5 Å². The molecule has 1 saturated heterocycles. The molecule has 0 radical (unpaired) electrons. The minimum atomic E-state index is 0.310. The van der Waals surface area contributed by atoms with Crippen LogP contribution in [0, 0.1) is 6.92 Å². The van der Waals surface area contributed by atoms with Gasteiger partial charge in [0.05, 0.1) is 6.04 Å². The number of nitrogens with zero attached hydrogens (tertiary/aromatic N) is 1. The second kappa shape index (κ2) is 4.45. The Hall–Kier alpha value is -1.35. The average molecular weight is 204 g/mol. The predicted molar refractivity (Wildman–Crippen MR) is 61.0 cm³/mol. The molecule has 0 bridgehead atoms. The van der Waals surface area contributed by atoms with Gasteiger partial charge in [-0.05, 0) is 32.0 Å². The largest absolute Gasteiger partial charge is 0.315 e. The van der Waals surface area contributed by atoms with Gasteiger partial charge in [0.25, 0.3) is 0 Å². The lowest BCUT2D eigenvalue weighted by atomic mass is 10.1. The SMILES string of the molecule is Cc1ccc(N(C=O)C2CCNC2)cc1. The minimum absolute atomic E-state index is 0.310. The second-order valence-corrected chi connectivity index (χ2v) is 3.99. The minimum Gasteiger partial charge on any atom is -0.315 e. The number of benzene rings is 1. The molecule has 2 rings (SSSR count). The normalized spacial score (nSPS) is 20.2. The van der Waals surface area contributed by atoms with Crippen molar-refractivity contribution in [3.8, 4) is 0 Å². The lowest BCUT2D eigenvalue weighted by Gasteiger charge is -2.24. The van der Waals surface area contributed by atoms with Crippen LogP contribution in [-0.2, 0) is 4.79 Å². The van der Waals surface area contributed by atoms with E-state index in [1.807, 2.05) is 36.1 Å². The highest BCUT2D eigenvalue weighted by molar-refractivity contribution is 5.76. The van der Waals surface area contributed by atoms with E-state index in [4.69, 9.17) is 0 Å². The van der Waals surface area contributed by atoms with Gasteiger partial charge in [-0.3, -0.25) is 4.79 Å². The van der Waals surface area contributed by atoms with Crippen LogP contribution in [0.5, 0.6) is 0 Å². The van der Waals surface area contributed by atoms with Gasteiger partial charge < -0.3 is 10.2 Å². The summed E-state index contributed by atoms with van der Waals surface area (Å²) in [4.78, 5) is 12.9. The number of carbonyl (C=O) groups excluding carboxylic acids is 1. The maximum atomic E-state index is 11.1. The number of hydrogen-bond donors (Lipinski definition) is 1. The number of aryl methyl sites for hydroxylation is 1. The standard InChI is InChI=1S/C12H16N2O/c1-10-2-4-11(5-3-10)14(9-15)12-6-7-13-8-12/h2-5,9,12-13H,6-8H2,1H3. The van der Waals surface area contributed by atoms with Crippen LogP contribution in [0.2, 0.25) is 0 Å². The maximum Gasteiger partial charge on any atom is 0.214 e. The van der Waals surface area contributed by atoms with Crippen LogP contribution in [0.4, 0.5) is 5.69 Å². The van der Waals surface area contributed by atoms with Crippen LogP contribution in [0.3, 0.4) is 0 Å². The van der Waals surface area contributed by atoms with Gasteiger partial charge in [0.15, 0.2) is 0 Å². The van der Waals surface area contributed by atoms with E-state index in [1.54, 1.807) is 0 Å². The number of anilines is 1. The van der Waals surface area contributed by atoms with Gasteiger partial charge >= 0.3 is 0 Å². The van der Waals surface area contributed by atoms with Crippen LogP contribution < -0.4 is 10.2 Å². The van der Waals surface area contributed by atoms with Crippen molar-refractivity contribution >= 4 is 12.1 Å². The van der Waals surface area contributed by atoms with E-state index in [1.165, 1.54) is 5.56 Å². The summed E-state index contributed by atoms with van der Waals surface area (Å²) in [5, 5.41) is 3.27. The molecule has 1 fully saturated rings. The third-order valence-corrected chi connectivity index (χ3v) is 2.87. The predicted octanol–water partition coefficient (Wildman–Crippen LogP) is 1.32. The van der Waals surface area contributed by atoms with Gasteiger partial charge in [-0.15, -0.1) is 0 Å². The summed E-state index contributed by atoms with van der Waals surface area (Å²) in [7, 11) is 0. The fourth-order valence-electron chi connectivity index (χ4n) is 1.95. The molecule has 0 aromatic heterocycles. The Morgan fingerprint density at radius 1 is 1.40 bits per heavy atom. The lowest BCUT2D eigenvalue weighted by molar-refractivity contribution is -0.107. The Kier molecular flexibility index (Phi) is 3.02. The first-order valence-corrected chi connectivity index (χ1v) is 5.32. The first-order valence-electron chi connectivity index (χ1n) is 5.32. The van der Waals surface area contributed by atoms with Crippen molar-refractivity contribution in [3.05, 3.63) is 29.8 Å². The van der Waals surface area contributed by atoms with E-state index >= 15 is 0 Å². The molecule has 1 amide bonds. The molecule has 1 aliphatic rings. The molecule has 1 N–H and O–H groups in total. The number of nitrogens with one attached hydrogen (secondary N) is 1. The molecule has 0 spiro atoms. The molecule has 1 aromatic rings. The highest BCUT2D eigenvalue weighted by Gasteiger charge is 2.21. The third-order valence-electron chi connectivity index (χ3n) is 2.87. The van der Waals surface area contributed by atoms with Gasteiger partial charge in [0.1, 0.15) is 0 Å². The van der Waals surface area contributed by atoms with E-state index < -0.39 is 0 Å². The Morgan fingerprint density at radius 2 is 2.13 bits per heavy atom. The van der Waals surface area contributed by atoms with Crippen molar-refractivity contribution in [2.45, 2.75) is 19.4 Å². The Labute approximate surface area is 90.1 Å². The van der Waals surface area contributed by atoms with E-state index in [-0.39, 0.29) is 0 Å². The zero-order valence-electron chi connectivity index (χ0n) is 8.94. The van der Waals surface area contributed by atoms with Gasteiger partial charge in [0.2, 0.25) is 6.41 Å². The number of amides is 1. The van der Waals surface area contributed by atoms with Crippen molar-refractivity contribution in [3.63, 3.8) is 0 Å². The molecule has 1 atom stereocenters. The van der Waals surface area contributed by atoms with Gasteiger partial charge in [-0.1, -0.05) is 17.7 Å². The fraction of sp³-hybridized carbons (Fsp3) is 0.417. The van der Waals surface area contributed by atoms with Crippen LogP contribution in [0.25, 0.3) is 0 Å². The smallest absolute Gasteiger partial charge is 0.214 e. The zero-order valence-corrected chi connectivity index (χ0v) is 8.94. The van der Waals surface area contributed by atoms with Gasteiger partial charge in [-0.2, -0.15) is 0 Å². The van der Waals surface area contributed by atoms with Crippen LogP contribution >= 0.6 is 0 Å². The fourth-order valence-corrected chi connectivity index (χ4v) is 1.95. The van der Waals surface area contributed by atoms with Crippen molar-refractivity contribution in [2.75, 3.05) is 18.0 Å². The lowest BCUT2D eigenvalue weighted by Crippen LogP contribution is -2.35. The summed E-state index contributed by atoms with van der Waals surface area (Å²) < 4.78 is 0. The highest BCUT2D eigenvalue weighted by Crippen LogP contribution is 2.18. The molecule has 0 saturated carbocycles. The Balaban J connectivity index is 2.18. The van der Waals surface area contributed by atoms with Crippen molar-refractivity contribution in [2.24, 2.45) is 0 Å². The first-order chi connectivity index (χ1) is 7.31. The number of hydrogen-bond acceptors (Lipinski definition) is 2. The first kappa shape index (κ1) is 10.2. The number of rotatable bonds is 3. The van der Waals surface area contributed by atoms with E-state index in [2.05, 4.69) is 5.32 Å². The quantitative estimate of drug-likeness (QED) is 0.753.